The highest BCUT2D eigenvalue weighted by Crippen LogP contribution is 2.12. The molecule has 1 aromatic rings. The van der Waals surface area contributed by atoms with Crippen LogP contribution < -0.4 is 5.32 Å². The maximum absolute atomic E-state index is 9.77. The monoisotopic (exact) mass is 279 g/mol. The van der Waals surface area contributed by atoms with E-state index in [4.69, 9.17) is 10.00 Å². The van der Waals surface area contributed by atoms with Crippen LogP contribution in [-0.2, 0) is 18.3 Å². The van der Waals surface area contributed by atoms with Gasteiger partial charge in [-0.2, -0.15) is 5.26 Å². The Morgan fingerprint density at radius 3 is 2.70 bits per heavy atom. The Morgan fingerprint density at radius 2 is 2.15 bits per heavy atom. The fraction of sp³-hybridized carbons (Fsp3) is 0.667. The van der Waals surface area contributed by atoms with Gasteiger partial charge in [-0.25, -0.2) is 0 Å². The number of aromatic nitrogens is 1. The van der Waals surface area contributed by atoms with Gasteiger partial charge in [0, 0.05) is 32.4 Å². The molecule has 1 heterocycles. The molecule has 2 N–H and O–H groups in total. The van der Waals surface area contributed by atoms with Crippen LogP contribution in [0.15, 0.2) is 6.07 Å². The third-order valence-electron chi connectivity index (χ3n) is 3.21. The predicted octanol–water partition coefficient (Wildman–Crippen LogP) is 1.33. The van der Waals surface area contributed by atoms with E-state index in [1.165, 1.54) is 0 Å². The number of nitrogens with zero attached hydrogens (tertiary/aromatic N) is 2. The maximum atomic E-state index is 9.77. The van der Waals surface area contributed by atoms with Crippen molar-refractivity contribution >= 4 is 0 Å². The number of aliphatic hydroxyl groups is 1. The Morgan fingerprint density at radius 1 is 1.45 bits per heavy atom. The summed E-state index contributed by atoms with van der Waals surface area (Å²) in [5.41, 5.74) is 2.80. The maximum Gasteiger partial charge on any atom is 0.120 e. The zero-order chi connectivity index (χ0) is 15.1. The molecule has 20 heavy (non-hydrogen) atoms. The third-order valence-corrected chi connectivity index (χ3v) is 3.21. The molecule has 0 saturated carbocycles. The molecule has 0 saturated heterocycles. The highest BCUT2D eigenvalue weighted by atomic mass is 16.5. The molecule has 5 nitrogen and oxygen atoms in total. The van der Waals surface area contributed by atoms with Gasteiger partial charge < -0.3 is 19.7 Å². The second kappa shape index (κ2) is 8.05. The molecule has 1 rings (SSSR count). The van der Waals surface area contributed by atoms with Crippen molar-refractivity contribution in [1.29, 1.82) is 5.26 Å². The van der Waals surface area contributed by atoms with Gasteiger partial charge in [0.05, 0.1) is 12.7 Å². The van der Waals surface area contributed by atoms with Gasteiger partial charge in [0.25, 0.3) is 0 Å². The highest BCUT2D eigenvalue weighted by molar-refractivity contribution is 5.33. The van der Waals surface area contributed by atoms with Crippen molar-refractivity contribution in [1.82, 2.24) is 9.88 Å². The summed E-state index contributed by atoms with van der Waals surface area (Å²) >= 11 is 0. The highest BCUT2D eigenvalue weighted by Gasteiger charge is 2.09. The van der Waals surface area contributed by atoms with Crippen LogP contribution in [0.5, 0.6) is 0 Å². The van der Waals surface area contributed by atoms with Crippen LogP contribution in [0.4, 0.5) is 0 Å². The van der Waals surface area contributed by atoms with Crippen LogP contribution >= 0.6 is 0 Å². The van der Waals surface area contributed by atoms with Crippen LogP contribution in [0.25, 0.3) is 0 Å². The van der Waals surface area contributed by atoms with Crippen molar-refractivity contribution < 1.29 is 9.84 Å². The lowest BCUT2D eigenvalue weighted by Gasteiger charge is -2.13. The molecule has 0 fully saturated rings. The minimum absolute atomic E-state index is 0.350. The fourth-order valence-electron chi connectivity index (χ4n) is 1.92. The first-order chi connectivity index (χ1) is 9.45. The van der Waals surface area contributed by atoms with E-state index in [1.54, 1.807) is 0 Å². The molecule has 0 aromatic carbocycles. The van der Waals surface area contributed by atoms with E-state index in [-0.39, 0.29) is 0 Å². The van der Waals surface area contributed by atoms with Gasteiger partial charge in [-0.05, 0) is 24.5 Å². The summed E-state index contributed by atoms with van der Waals surface area (Å²) in [5.74, 6) is 0.478. The largest absolute Gasteiger partial charge is 0.389 e. The van der Waals surface area contributed by atoms with Crippen molar-refractivity contribution in [3.63, 3.8) is 0 Å². The first-order valence-corrected chi connectivity index (χ1v) is 6.97. The van der Waals surface area contributed by atoms with Gasteiger partial charge in [0.1, 0.15) is 11.8 Å². The van der Waals surface area contributed by atoms with E-state index in [9.17, 15) is 5.11 Å². The smallest absolute Gasteiger partial charge is 0.120 e. The molecule has 0 radical (unpaired) electrons. The summed E-state index contributed by atoms with van der Waals surface area (Å²) in [4.78, 5) is 0. The van der Waals surface area contributed by atoms with E-state index in [0.717, 1.165) is 11.3 Å². The van der Waals surface area contributed by atoms with Gasteiger partial charge >= 0.3 is 0 Å². The minimum Gasteiger partial charge on any atom is -0.389 e. The molecule has 0 aliphatic rings. The summed E-state index contributed by atoms with van der Waals surface area (Å²) in [6.45, 7) is 8.28. The van der Waals surface area contributed by atoms with Gasteiger partial charge in [-0.3, -0.25) is 0 Å². The van der Waals surface area contributed by atoms with E-state index >= 15 is 0 Å². The molecule has 112 valence electrons. The van der Waals surface area contributed by atoms with Crippen molar-refractivity contribution in [2.75, 3.05) is 19.8 Å². The quantitative estimate of drug-likeness (QED) is 0.753. The zero-order valence-electron chi connectivity index (χ0n) is 12.8. The van der Waals surface area contributed by atoms with Gasteiger partial charge in [-0.15, -0.1) is 0 Å². The average Bonchev–Trinajstić information content (AvgIpc) is 2.66. The zero-order valence-corrected chi connectivity index (χ0v) is 12.8. The average molecular weight is 279 g/mol. The second-order valence-electron chi connectivity index (χ2n) is 5.53. The van der Waals surface area contributed by atoms with Crippen LogP contribution in [0.2, 0.25) is 0 Å². The molecule has 1 aromatic heterocycles. The number of nitriles is 1. The fourth-order valence-corrected chi connectivity index (χ4v) is 1.92. The first kappa shape index (κ1) is 16.7. The summed E-state index contributed by atoms with van der Waals surface area (Å²) in [6, 6.07) is 4.04. The molecule has 0 spiro atoms. The van der Waals surface area contributed by atoms with Crippen LogP contribution in [0, 0.1) is 24.2 Å². The van der Waals surface area contributed by atoms with E-state index in [0.29, 0.717) is 37.9 Å². The topological polar surface area (TPSA) is 70.2 Å². The number of hydrogen-bond acceptors (Lipinski definition) is 4. The molecule has 0 aliphatic heterocycles. The number of ether oxygens (including phenoxy) is 1. The first-order valence-electron chi connectivity index (χ1n) is 6.97. The molecule has 1 unspecified atom stereocenters. The van der Waals surface area contributed by atoms with Gasteiger partial charge in [0.15, 0.2) is 0 Å². The summed E-state index contributed by atoms with van der Waals surface area (Å²) < 4.78 is 7.26. The van der Waals surface area contributed by atoms with Gasteiger partial charge in [0.2, 0.25) is 0 Å². The number of nitrogens with one attached hydrogen (secondary N) is 1. The Labute approximate surface area is 121 Å². The molecule has 0 bridgehead atoms. The van der Waals surface area contributed by atoms with Crippen molar-refractivity contribution in [3.05, 3.63) is 23.0 Å². The molecular formula is C15H25N3O2. The van der Waals surface area contributed by atoms with Crippen molar-refractivity contribution in [2.45, 2.75) is 33.4 Å². The third kappa shape index (κ3) is 4.97. The predicted molar refractivity (Wildman–Crippen MR) is 78.2 cm³/mol. The van der Waals surface area contributed by atoms with Crippen molar-refractivity contribution in [3.8, 4) is 6.07 Å². The van der Waals surface area contributed by atoms with Crippen LogP contribution in [-0.4, -0.2) is 35.5 Å². The number of rotatable bonds is 8. The van der Waals surface area contributed by atoms with E-state index in [2.05, 4.69) is 25.2 Å². The normalized spacial score (nSPS) is 12.7. The molecular weight excluding hydrogens is 254 g/mol. The SMILES string of the molecule is Cc1c(CNCC(O)COCC(C)C)cc(C#N)n1C. The molecule has 0 amide bonds. The van der Waals surface area contributed by atoms with E-state index < -0.39 is 6.10 Å². The number of aliphatic hydroxyl groups excluding tert-OH is 1. The van der Waals surface area contributed by atoms with E-state index in [1.807, 2.05) is 24.6 Å². The molecule has 1 atom stereocenters. The number of hydrogen-bond donors (Lipinski definition) is 2. The summed E-state index contributed by atoms with van der Waals surface area (Å²) in [6.07, 6.45) is -0.506. The minimum atomic E-state index is -0.506. The summed E-state index contributed by atoms with van der Waals surface area (Å²) in [5, 5.41) is 21.9. The Balaban J connectivity index is 2.32. The lowest BCUT2D eigenvalue weighted by atomic mass is 10.2. The molecule has 5 heteroatoms. The Hall–Kier alpha value is -1.35. The Bertz CT molecular complexity index is 460. The van der Waals surface area contributed by atoms with Gasteiger partial charge in [-0.1, -0.05) is 13.8 Å². The van der Waals surface area contributed by atoms with Crippen molar-refractivity contribution in [2.24, 2.45) is 13.0 Å². The van der Waals surface area contributed by atoms with Crippen LogP contribution in [0.3, 0.4) is 0 Å². The molecule has 0 aliphatic carbocycles. The Kier molecular flexibility index (Phi) is 6.73. The standard InChI is InChI=1S/C15H25N3O2/c1-11(2)9-20-10-15(19)8-17-7-13-5-14(6-16)18(4)12(13)3/h5,11,15,17,19H,7-10H2,1-4H3. The lowest BCUT2D eigenvalue weighted by Crippen LogP contribution is -2.30. The summed E-state index contributed by atoms with van der Waals surface area (Å²) in [7, 11) is 1.88. The van der Waals surface area contributed by atoms with Crippen LogP contribution in [0.1, 0.15) is 30.8 Å². The second-order valence-corrected chi connectivity index (χ2v) is 5.53. The lowest BCUT2D eigenvalue weighted by molar-refractivity contribution is 0.0260.